The number of halogens is 1. The third-order valence-corrected chi connectivity index (χ3v) is 6.52. The number of hydrogen-bond acceptors (Lipinski definition) is 7. The first-order valence-corrected chi connectivity index (χ1v) is 12.0. The lowest BCUT2D eigenvalue weighted by Crippen LogP contribution is -2.30. The van der Waals surface area contributed by atoms with Crippen molar-refractivity contribution in [2.24, 2.45) is 0 Å². The van der Waals surface area contributed by atoms with Crippen molar-refractivity contribution >= 4 is 29.0 Å². The van der Waals surface area contributed by atoms with Crippen LogP contribution in [0.25, 0.3) is 0 Å². The number of anilines is 1. The molecule has 1 aliphatic heterocycles. The minimum absolute atomic E-state index is 0.0296. The predicted octanol–water partition coefficient (Wildman–Crippen LogP) is 4.09. The Bertz CT molecular complexity index is 1150. The molecule has 2 heterocycles. The molecule has 1 N–H and O–H groups in total. The van der Waals surface area contributed by atoms with Gasteiger partial charge in [0, 0.05) is 11.8 Å². The molecule has 4 rings (SSSR count). The zero-order chi connectivity index (χ0) is 23.9. The molecule has 0 atom stereocenters. The topological polar surface area (TPSA) is 106 Å². The monoisotopic (exact) mass is 484 g/mol. The van der Waals surface area contributed by atoms with E-state index in [1.165, 1.54) is 37.1 Å². The average Bonchev–Trinajstić information content (AvgIpc) is 3.21. The Kier molecular flexibility index (Phi) is 7.86. The van der Waals surface area contributed by atoms with Gasteiger partial charge in [-0.25, -0.2) is 0 Å². The number of rotatable bonds is 9. The number of thioether (sulfide) groups is 1. The highest BCUT2D eigenvalue weighted by Crippen LogP contribution is 2.24. The number of likely N-dealkylation sites (tertiary alicyclic amines) is 1. The molecular weight excluding hydrogens is 459 g/mol. The molecule has 0 saturated carbocycles. The molecule has 1 aromatic heterocycles. The van der Waals surface area contributed by atoms with Crippen LogP contribution in [0.1, 0.15) is 30.7 Å². The van der Waals surface area contributed by atoms with E-state index in [9.17, 15) is 19.3 Å². The van der Waals surface area contributed by atoms with Crippen LogP contribution in [0.15, 0.2) is 53.7 Å². The summed E-state index contributed by atoms with van der Waals surface area (Å²) in [6.45, 7) is 3.36. The minimum atomic E-state index is -0.951. The molecule has 178 valence electrons. The maximum Gasteiger partial charge on any atom is 0.306 e. The van der Waals surface area contributed by atoms with Crippen LogP contribution in [0.4, 0.5) is 15.8 Å². The van der Waals surface area contributed by atoms with Gasteiger partial charge in [0.2, 0.25) is 11.7 Å². The lowest BCUT2D eigenvalue weighted by Gasteiger charge is -2.26. The van der Waals surface area contributed by atoms with Crippen molar-refractivity contribution in [1.82, 2.24) is 19.7 Å². The number of nitrogens with zero attached hydrogens (tertiary/aromatic N) is 5. The van der Waals surface area contributed by atoms with Crippen molar-refractivity contribution in [2.75, 3.05) is 24.2 Å². The van der Waals surface area contributed by atoms with Crippen LogP contribution in [0.5, 0.6) is 0 Å². The molecule has 0 unspecified atom stereocenters. The number of hydrogen-bond donors (Lipinski definition) is 1. The lowest BCUT2D eigenvalue weighted by molar-refractivity contribution is -0.387. The van der Waals surface area contributed by atoms with Crippen molar-refractivity contribution < 1.29 is 14.1 Å². The van der Waals surface area contributed by atoms with Crippen molar-refractivity contribution in [3.63, 3.8) is 0 Å². The van der Waals surface area contributed by atoms with E-state index in [2.05, 4.69) is 20.4 Å². The average molecular weight is 485 g/mol. The van der Waals surface area contributed by atoms with Crippen LogP contribution in [0, 0.1) is 15.9 Å². The van der Waals surface area contributed by atoms with Crippen molar-refractivity contribution in [2.45, 2.75) is 37.5 Å². The molecule has 2 aromatic carbocycles. The Morgan fingerprint density at radius 2 is 1.85 bits per heavy atom. The molecule has 1 amide bonds. The second-order valence-electron chi connectivity index (χ2n) is 8.07. The number of aromatic nitrogens is 3. The third kappa shape index (κ3) is 6.17. The Hall–Kier alpha value is -3.31. The molecule has 1 fully saturated rings. The van der Waals surface area contributed by atoms with Crippen LogP contribution in [0.2, 0.25) is 0 Å². The first-order valence-electron chi connectivity index (χ1n) is 11.0. The molecule has 0 radical (unpaired) electrons. The maximum atomic E-state index is 13.5. The highest BCUT2D eigenvalue weighted by Gasteiger charge is 2.19. The van der Waals surface area contributed by atoms with Gasteiger partial charge in [-0.3, -0.25) is 19.8 Å². The Morgan fingerprint density at radius 1 is 1.09 bits per heavy atom. The Morgan fingerprint density at radius 3 is 2.59 bits per heavy atom. The summed E-state index contributed by atoms with van der Waals surface area (Å²) in [7, 11) is 0. The third-order valence-electron chi connectivity index (χ3n) is 5.55. The zero-order valence-electron chi connectivity index (χ0n) is 18.5. The number of benzene rings is 2. The largest absolute Gasteiger partial charge is 0.325 e. The maximum absolute atomic E-state index is 13.5. The summed E-state index contributed by atoms with van der Waals surface area (Å²) in [6.07, 6.45) is 3.60. The number of nitrogens with one attached hydrogen (secondary N) is 1. The predicted molar refractivity (Wildman–Crippen MR) is 127 cm³/mol. The fourth-order valence-electron chi connectivity index (χ4n) is 3.84. The highest BCUT2D eigenvalue weighted by molar-refractivity contribution is 7.99. The van der Waals surface area contributed by atoms with Gasteiger partial charge >= 0.3 is 5.69 Å². The first kappa shape index (κ1) is 23.8. The van der Waals surface area contributed by atoms with Crippen LogP contribution in [0.3, 0.4) is 0 Å². The second-order valence-corrected chi connectivity index (χ2v) is 9.01. The van der Waals surface area contributed by atoms with Crippen LogP contribution in [-0.4, -0.2) is 49.3 Å². The summed E-state index contributed by atoms with van der Waals surface area (Å²) in [5, 5.41) is 22.9. The van der Waals surface area contributed by atoms with Crippen molar-refractivity contribution in [3.8, 4) is 0 Å². The van der Waals surface area contributed by atoms with Crippen LogP contribution in [-0.2, 0) is 17.9 Å². The summed E-state index contributed by atoms with van der Waals surface area (Å²) < 4.78 is 15.6. The molecule has 1 aliphatic rings. The number of carbonyl (C=O) groups excluding carboxylic acids is 1. The quantitative estimate of drug-likeness (QED) is 0.277. The van der Waals surface area contributed by atoms with E-state index in [0.717, 1.165) is 36.6 Å². The molecule has 0 bridgehead atoms. The van der Waals surface area contributed by atoms with Crippen LogP contribution < -0.4 is 5.32 Å². The standard InChI is InChI=1S/C23H25FN6O3S/c24-19-10-9-18(13-20(19)30(32)33)25-22(31)16-34-23-27-26-21(15-28-11-5-2-6-12-28)29(23)14-17-7-3-1-4-8-17/h1,3-4,7-10,13H,2,5-6,11-12,14-16H2,(H,25,31). The zero-order valence-corrected chi connectivity index (χ0v) is 19.3. The normalized spacial score (nSPS) is 14.1. The molecule has 11 heteroatoms. The van der Waals surface area contributed by atoms with E-state index in [0.29, 0.717) is 18.2 Å². The van der Waals surface area contributed by atoms with Gasteiger partial charge < -0.3 is 9.88 Å². The van der Waals surface area contributed by atoms with Gasteiger partial charge in [-0.2, -0.15) is 4.39 Å². The molecule has 9 nitrogen and oxygen atoms in total. The number of carbonyl (C=O) groups is 1. The minimum Gasteiger partial charge on any atom is -0.325 e. The number of piperidine rings is 1. The molecule has 0 aliphatic carbocycles. The summed E-state index contributed by atoms with van der Waals surface area (Å²) in [5.41, 5.74) is 0.581. The number of amides is 1. The first-order chi connectivity index (χ1) is 16.5. The summed E-state index contributed by atoms with van der Waals surface area (Å²) in [5.74, 6) is -0.449. The summed E-state index contributed by atoms with van der Waals surface area (Å²) in [6, 6.07) is 13.2. The fraction of sp³-hybridized carbons (Fsp3) is 0.348. The molecule has 34 heavy (non-hydrogen) atoms. The second kappa shape index (κ2) is 11.2. The van der Waals surface area contributed by atoms with Gasteiger partial charge in [0.25, 0.3) is 0 Å². The number of nitro benzene ring substituents is 1. The summed E-state index contributed by atoms with van der Waals surface area (Å²) >= 11 is 1.24. The molecule has 0 spiro atoms. The highest BCUT2D eigenvalue weighted by atomic mass is 32.2. The van der Waals surface area contributed by atoms with E-state index in [1.807, 2.05) is 34.9 Å². The van der Waals surface area contributed by atoms with E-state index >= 15 is 0 Å². The SMILES string of the molecule is O=C(CSc1nnc(CN2CCCCC2)n1Cc1ccccc1)Nc1ccc(F)c([N+](=O)[O-])c1. The van der Waals surface area contributed by atoms with Crippen LogP contribution >= 0.6 is 11.8 Å². The van der Waals surface area contributed by atoms with Gasteiger partial charge in [0.1, 0.15) is 5.82 Å². The van der Waals surface area contributed by atoms with Gasteiger partial charge in [0.05, 0.1) is 23.8 Å². The number of nitro groups is 1. The van der Waals surface area contributed by atoms with Crippen molar-refractivity contribution in [3.05, 3.63) is 75.9 Å². The molecule has 3 aromatic rings. The Labute approximate surface area is 200 Å². The van der Waals surface area contributed by atoms with E-state index in [-0.39, 0.29) is 17.3 Å². The van der Waals surface area contributed by atoms with Gasteiger partial charge in [-0.1, -0.05) is 48.5 Å². The smallest absolute Gasteiger partial charge is 0.306 e. The fourth-order valence-corrected chi connectivity index (χ4v) is 4.60. The Balaban J connectivity index is 1.45. The van der Waals surface area contributed by atoms with Gasteiger partial charge in [-0.05, 0) is 43.6 Å². The van der Waals surface area contributed by atoms with Crippen molar-refractivity contribution in [1.29, 1.82) is 0 Å². The van der Waals surface area contributed by atoms with E-state index < -0.39 is 16.4 Å². The molecule has 1 saturated heterocycles. The summed E-state index contributed by atoms with van der Waals surface area (Å²) in [4.78, 5) is 25.0. The van der Waals surface area contributed by atoms with Gasteiger partial charge in [0.15, 0.2) is 5.16 Å². The van der Waals surface area contributed by atoms with E-state index in [4.69, 9.17) is 0 Å². The van der Waals surface area contributed by atoms with E-state index in [1.54, 1.807) is 0 Å². The molecular formula is C23H25FN6O3S. The van der Waals surface area contributed by atoms with Gasteiger partial charge in [-0.15, -0.1) is 10.2 Å². The lowest BCUT2D eigenvalue weighted by atomic mass is 10.1.